The van der Waals surface area contributed by atoms with Crippen LogP contribution in [0.4, 0.5) is 5.82 Å². The minimum atomic E-state index is -3.51. The molecule has 1 aromatic carbocycles. The Labute approximate surface area is 141 Å². The van der Waals surface area contributed by atoms with Crippen molar-refractivity contribution in [1.29, 1.82) is 0 Å². The van der Waals surface area contributed by atoms with Crippen molar-refractivity contribution in [2.75, 3.05) is 13.1 Å². The second kappa shape index (κ2) is 7.98. The lowest BCUT2D eigenvalue weighted by Crippen LogP contribution is -2.30. The average molecular weight is 348 g/mol. The molecule has 0 unspecified atom stereocenters. The number of nitrogens with zero attached hydrogens (tertiary/aromatic N) is 4. The van der Waals surface area contributed by atoms with E-state index in [0.717, 1.165) is 5.56 Å². The highest BCUT2D eigenvalue weighted by molar-refractivity contribution is 7.89. The van der Waals surface area contributed by atoms with Gasteiger partial charge >= 0.3 is 0 Å². The van der Waals surface area contributed by atoms with Crippen molar-refractivity contribution in [3.8, 4) is 5.75 Å². The Morgan fingerprint density at radius 2 is 1.75 bits per heavy atom. The molecule has 0 bridgehead atoms. The summed E-state index contributed by atoms with van der Waals surface area (Å²) in [7, 11) is -3.51. The molecule has 1 aromatic heterocycles. The average Bonchev–Trinajstić information content (AvgIpc) is 2.58. The summed E-state index contributed by atoms with van der Waals surface area (Å²) in [6, 6.07) is 9.67. The van der Waals surface area contributed by atoms with Crippen molar-refractivity contribution in [2.24, 2.45) is 10.2 Å². The van der Waals surface area contributed by atoms with Gasteiger partial charge in [0, 0.05) is 19.3 Å². The number of azo groups is 1. The minimum absolute atomic E-state index is 0.142. The SMILES string of the molecule is CCN(CC)S(=O)(=O)c1ccc(N=NCc2ccc(O)cc2)nc1. The molecule has 0 saturated carbocycles. The van der Waals surface area contributed by atoms with Gasteiger partial charge in [-0.2, -0.15) is 9.42 Å². The van der Waals surface area contributed by atoms with Crippen molar-refractivity contribution in [3.63, 3.8) is 0 Å². The molecule has 1 heterocycles. The van der Waals surface area contributed by atoms with Gasteiger partial charge in [-0.15, -0.1) is 5.11 Å². The van der Waals surface area contributed by atoms with Crippen LogP contribution in [0.2, 0.25) is 0 Å². The molecular formula is C16H20N4O3S. The first kappa shape index (κ1) is 18.0. The highest BCUT2D eigenvalue weighted by atomic mass is 32.2. The van der Waals surface area contributed by atoms with E-state index in [0.29, 0.717) is 25.5 Å². The van der Waals surface area contributed by atoms with Gasteiger partial charge in [0.15, 0.2) is 5.82 Å². The third kappa shape index (κ3) is 4.36. The minimum Gasteiger partial charge on any atom is -0.508 e. The standard InChI is InChI=1S/C16H20N4O3S/c1-3-20(4-2)24(22,23)15-9-10-16(17-12-15)19-18-11-13-5-7-14(21)8-6-13/h5-10,12,21H,3-4,11H2,1-2H3. The van der Waals surface area contributed by atoms with Gasteiger partial charge in [0.05, 0.1) is 6.54 Å². The molecule has 24 heavy (non-hydrogen) atoms. The Kier molecular flexibility index (Phi) is 5.99. The molecule has 1 N–H and O–H groups in total. The number of phenols is 1. The molecule has 0 saturated heterocycles. The van der Waals surface area contributed by atoms with Gasteiger partial charge < -0.3 is 5.11 Å². The lowest BCUT2D eigenvalue weighted by atomic mass is 10.2. The highest BCUT2D eigenvalue weighted by Crippen LogP contribution is 2.18. The number of pyridine rings is 1. The molecule has 0 aliphatic carbocycles. The second-order valence-electron chi connectivity index (χ2n) is 5.01. The molecule has 2 aromatic rings. The van der Waals surface area contributed by atoms with E-state index in [1.54, 1.807) is 38.1 Å². The van der Waals surface area contributed by atoms with Gasteiger partial charge in [-0.1, -0.05) is 26.0 Å². The summed E-state index contributed by atoms with van der Waals surface area (Å²) < 4.78 is 26.1. The van der Waals surface area contributed by atoms with Crippen LogP contribution < -0.4 is 0 Å². The quantitative estimate of drug-likeness (QED) is 0.778. The molecule has 128 valence electrons. The van der Waals surface area contributed by atoms with E-state index in [1.807, 2.05) is 0 Å². The highest BCUT2D eigenvalue weighted by Gasteiger charge is 2.21. The van der Waals surface area contributed by atoms with Crippen molar-refractivity contribution in [2.45, 2.75) is 25.3 Å². The zero-order valence-electron chi connectivity index (χ0n) is 13.6. The van der Waals surface area contributed by atoms with E-state index in [9.17, 15) is 13.5 Å². The summed E-state index contributed by atoms with van der Waals surface area (Å²) in [4.78, 5) is 4.18. The second-order valence-corrected chi connectivity index (χ2v) is 6.95. The predicted molar refractivity (Wildman–Crippen MR) is 90.7 cm³/mol. The molecule has 0 fully saturated rings. The van der Waals surface area contributed by atoms with Crippen molar-refractivity contribution < 1.29 is 13.5 Å². The van der Waals surface area contributed by atoms with Gasteiger partial charge in [0.1, 0.15) is 10.6 Å². The van der Waals surface area contributed by atoms with Gasteiger partial charge in [-0.05, 0) is 29.8 Å². The maximum Gasteiger partial charge on any atom is 0.244 e. The summed E-state index contributed by atoms with van der Waals surface area (Å²) in [5, 5.41) is 17.2. The zero-order valence-corrected chi connectivity index (χ0v) is 14.4. The smallest absolute Gasteiger partial charge is 0.244 e. The van der Waals surface area contributed by atoms with Crippen molar-refractivity contribution in [1.82, 2.24) is 9.29 Å². The molecule has 8 heteroatoms. The summed E-state index contributed by atoms with van der Waals surface area (Å²) in [5.74, 6) is 0.537. The maximum absolute atomic E-state index is 12.3. The first-order valence-electron chi connectivity index (χ1n) is 7.59. The van der Waals surface area contributed by atoms with Crippen LogP contribution in [0, 0.1) is 0 Å². The molecule has 0 aliphatic rings. The molecule has 0 amide bonds. The summed E-state index contributed by atoms with van der Waals surface area (Å²) in [6.45, 7) is 4.75. The largest absolute Gasteiger partial charge is 0.508 e. The van der Waals surface area contributed by atoms with E-state index in [-0.39, 0.29) is 10.6 Å². The first-order chi connectivity index (χ1) is 11.5. The van der Waals surface area contributed by atoms with E-state index < -0.39 is 10.0 Å². The number of benzene rings is 1. The fraction of sp³-hybridized carbons (Fsp3) is 0.312. The van der Waals surface area contributed by atoms with Crippen LogP contribution in [0.1, 0.15) is 19.4 Å². The number of hydrogen-bond acceptors (Lipinski definition) is 6. The van der Waals surface area contributed by atoms with Crippen LogP contribution in [-0.2, 0) is 16.6 Å². The van der Waals surface area contributed by atoms with E-state index >= 15 is 0 Å². The van der Waals surface area contributed by atoms with Gasteiger partial charge in [0.25, 0.3) is 0 Å². The normalized spacial score (nSPS) is 12.1. The Balaban J connectivity index is 2.06. The fourth-order valence-electron chi connectivity index (χ4n) is 2.09. The zero-order chi connectivity index (χ0) is 17.6. The van der Waals surface area contributed by atoms with E-state index in [2.05, 4.69) is 15.2 Å². The molecule has 0 radical (unpaired) electrons. The summed E-state index contributed by atoms with van der Waals surface area (Å²) in [5.41, 5.74) is 0.900. The Morgan fingerprint density at radius 1 is 1.08 bits per heavy atom. The van der Waals surface area contributed by atoms with Crippen LogP contribution in [0.15, 0.2) is 57.7 Å². The number of sulfonamides is 1. The van der Waals surface area contributed by atoms with Crippen LogP contribution in [0.3, 0.4) is 0 Å². The number of rotatable bonds is 7. The predicted octanol–water partition coefficient (Wildman–Crippen LogP) is 3.10. The van der Waals surface area contributed by atoms with Gasteiger partial charge in [-0.25, -0.2) is 13.4 Å². The number of aromatic nitrogens is 1. The molecule has 0 atom stereocenters. The Bertz CT molecular complexity index is 783. The number of phenolic OH excluding ortho intramolecular Hbond substituents is 1. The van der Waals surface area contributed by atoms with Gasteiger partial charge in [0.2, 0.25) is 10.0 Å². The monoisotopic (exact) mass is 348 g/mol. The topological polar surface area (TPSA) is 95.2 Å². The molecule has 2 rings (SSSR count). The van der Waals surface area contributed by atoms with Crippen LogP contribution in [0.25, 0.3) is 0 Å². The van der Waals surface area contributed by atoms with E-state index in [4.69, 9.17) is 0 Å². The molecular weight excluding hydrogens is 328 g/mol. The maximum atomic E-state index is 12.3. The lowest BCUT2D eigenvalue weighted by molar-refractivity contribution is 0.445. The third-order valence-corrected chi connectivity index (χ3v) is 5.46. The first-order valence-corrected chi connectivity index (χ1v) is 9.03. The summed E-state index contributed by atoms with van der Waals surface area (Å²) >= 11 is 0. The van der Waals surface area contributed by atoms with Crippen LogP contribution >= 0.6 is 0 Å². The van der Waals surface area contributed by atoms with Crippen molar-refractivity contribution in [3.05, 3.63) is 48.2 Å². The third-order valence-electron chi connectivity index (χ3n) is 3.43. The Morgan fingerprint density at radius 3 is 2.29 bits per heavy atom. The van der Waals surface area contributed by atoms with Crippen molar-refractivity contribution >= 4 is 15.8 Å². The number of aromatic hydroxyl groups is 1. The molecule has 0 aliphatic heterocycles. The molecule has 0 spiro atoms. The van der Waals surface area contributed by atoms with Crippen LogP contribution in [0.5, 0.6) is 5.75 Å². The van der Waals surface area contributed by atoms with E-state index in [1.165, 1.54) is 22.6 Å². The van der Waals surface area contributed by atoms with Gasteiger partial charge in [-0.3, -0.25) is 0 Å². The fourth-order valence-corrected chi connectivity index (χ4v) is 3.49. The summed E-state index contributed by atoms with van der Waals surface area (Å²) in [6.07, 6.45) is 1.29. The lowest BCUT2D eigenvalue weighted by Gasteiger charge is -2.17. The Hall–Kier alpha value is -2.32. The molecule has 7 nitrogen and oxygen atoms in total. The van der Waals surface area contributed by atoms with Crippen LogP contribution in [-0.4, -0.2) is 35.9 Å². The number of hydrogen-bond donors (Lipinski definition) is 1.